The zero-order chi connectivity index (χ0) is 12.8. The number of aryl methyl sites for hydroxylation is 1. The molecule has 1 heterocycles. The number of aromatic nitrogens is 3. The van der Waals surface area contributed by atoms with Crippen molar-refractivity contribution >= 4 is 5.84 Å². The minimum Gasteiger partial charge on any atom is -0.387 e. The lowest BCUT2D eigenvalue weighted by molar-refractivity contribution is 0.291. The lowest BCUT2D eigenvalue weighted by Gasteiger charge is -2.20. The molecular formula is C11H22N6. The van der Waals surface area contributed by atoms with Crippen molar-refractivity contribution in [3.05, 3.63) is 12.2 Å². The van der Waals surface area contributed by atoms with Crippen LogP contribution in [0, 0.1) is 11.3 Å². The van der Waals surface area contributed by atoms with Crippen molar-refractivity contribution in [1.29, 1.82) is 5.41 Å². The number of amidine groups is 1. The first-order valence-electron chi connectivity index (χ1n) is 5.93. The third-order valence-electron chi connectivity index (χ3n) is 2.66. The summed E-state index contributed by atoms with van der Waals surface area (Å²) in [7, 11) is 2.00. The van der Waals surface area contributed by atoms with E-state index < -0.39 is 0 Å². The molecule has 6 heteroatoms. The largest absolute Gasteiger partial charge is 0.387 e. The van der Waals surface area contributed by atoms with Crippen LogP contribution in [0.5, 0.6) is 0 Å². The molecule has 0 saturated heterocycles. The minimum atomic E-state index is 0.0718. The van der Waals surface area contributed by atoms with Crippen LogP contribution in [0.4, 0.5) is 0 Å². The fraction of sp³-hybridized carbons (Fsp3) is 0.727. The molecule has 0 spiro atoms. The molecule has 0 bridgehead atoms. The van der Waals surface area contributed by atoms with Crippen molar-refractivity contribution < 1.29 is 0 Å². The van der Waals surface area contributed by atoms with Crippen molar-refractivity contribution in [3.8, 4) is 0 Å². The van der Waals surface area contributed by atoms with Crippen molar-refractivity contribution in [2.45, 2.75) is 33.4 Å². The standard InChI is InChI=1S/C11H22N6/c1-4-5-17-10(14-8-15-17)7-16(3)6-9(2)11(12)13/h8-9H,4-7H2,1-3H3,(H3,12,13). The van der Waals surface area contributed by atoms with Gasteiger partial charge in [0.1, 0.15) is 12.2 Å². The van der Waals surface area contributed by atoms with Crippen LogP contribution in [0.2, 0.25) is 0 Å². The van der Waals surface area contributed by atoms with Gasteiger partial charge in [-0.1, -0.05) is 13.8 Å². The summed E-state index contributed by atoms with van der Waals surface area (Å²) in [5.41, 5.74) is 5.46. The van der Waals surface area contributed by atoms with Crippen molar-refractivity contribution in [2.24, 2.45) is 11.7 Å². The molecule has 1 aromatic rings. The Morgan fingerprint density at radius 1 is 1.65 bits per heavy atom. The van der Waals surface area contributed by atoms with Crippen molar-refractivity contribution in [2.75, 3.05) is 13.6 Å². The van der Waals surface area contributed by atoms with Gasteiger partial charge >= 0.3 is 0 Å². The van der Waals surface area contributed by atoms with Gasteiger partial charge in [0, 0.05) is 19.0 Å². The summed E-state index contributed by atoms with van der Waals surface area (Å²) in [6, 6.07) is 0. The zero-order valence-corrected chi connectivity index (χ0v) is 10.8. The maximum Gasteiger partial charge on any atom is 0.140 e. The van der Waals surface area contributed by atoms with Crippen LogP contribution in [-0.4, -0.2) is 39.1 Å². The number of nitrogens with one attached hydrogen (secondary N) is 1. The van der Waals surface area contributed by atoms with E-state index in [1.165, 1.54) is 0 Å². The lowest BCUT2D eigenvalue weighted by atomic mass is 10.1. The smallest absolute Gasteiger partial charge is 0.140 e. The molecule has 0 aliphatic heterocycles. The van der Waals surface area contributed by atoms with Crippen LogP contribution in [0.1, 0.15) is 26.1 Å². The van der Waals surface area contributed by atoms with Gasteiger partial charge in [-0.15, -0.1) is 0 Å². The second kappa shape index (κ2) is 6.34. The van der Waals surface area contributed by atoms with E-state index in [9.17, 15) is 0 Å². The molecular weight excluding hydrogens is 216 g/mol. The number of hydrogen-bond acceptors (Lipinski definition) is 4. The van der Waals surface area contributed by atoms with Crippen LogP contribution in [-0.2, 0) is 13.1 Å². The molecule has 0 aliphatic rings. The van der Waals surface area contributed by atoms with Gasteiger partial charge in [-0.25, -0.2) is 9.67 Å². The maximum absolute atomic E-state index is 7.37. The monoisotopic (exact) mass is 238 g/mol. The fourth-order valence-corrected chi connectivity index (χ4v) is 1.68. The van der Waals surface area contributed by atoms with Gasteiger partial charge in [0.25, 0.3) is 0 Å². The molecule has 6 nitrogen and oxygen atoms in total. The van der Waals surface area contributed by atoms with Gasteiger partial charge in [0.15, 0.2) is 0 Å². The van der Waals surface area contributed by atoms with Gasteiger partial charge in [0.2, 0.25) is 0 Å². The molecule has 17 heavy (non-hydrogen) atoms. The third kappa shape index (κ3) is 4.14. The molecule has 0 radical (unpaired) electrons. The summed E-state index contributed by atoms with van der Waals surface area (Å²) in [5.74, 6) is 1.26. The first-order valence-corrected chi connectivity index (χ1v) is 5.93. The first kappa shape index (κ1) is 13.6. The van der Waals surface area contributed by atoms with E-state index in [1.807, 2.05) is 18.7 Å². The summed E-state index contributed by atoms with van der Waals surface area (Å²) in [4.78, 5) is 6.37. The number of hydrogen-bond donors (Lipinski definition) is 2. The summed E-state index contributed by atoms with van der Waals surface area (Å²) >= 11 is 0. The Morgan fingerprint density at radius 2 is 2.35 bits per heavy atom. The molecule has 0 aromatic carbocycles. The van der Waals surface area contributed by atoms with E-state index >= 15 is 0 Å². The van der Waals surface area contributed by atoms with Crippen molar-refractivity contribution in [3.63, 3.8) is 0 Å². The van der Waals surface area contributed by atoms with E-state index in [1.54, 1.807) is 6.33 Å². The summed E-state index contributed by atoms with van der Waals surface area (Å²) in [6.45, 7) is 6.46. The molecule has 0 amide bonds. The van der Waals surface area contributed by atoms with Gasteiger partial charge in [0.05, 0.1) is 12.4 Å². The summed E-state index contributed by atoms with van der Waals surface area (Å²) in [6.07, 6.45) is 2.64. The molecule has 0 aliphatic carbocycles. The average Bonchev–Trinajstić information content (AvgIpc) is 2.66. The predicted octanol–water partition coefficient (Wildman–Crippen LogP) is 0.692. The van der Waals surface area contributed by atoms with Crippen molar-refractivity contribution in [1.82, 2.24) is 19.7 Å². The minimum absolute atomic E-state index is 0.0718. The third-order valence-corrected chi connectivity index (χ3v) is 2.66. The Balaban J connectivity index is 2.52. The quantitative estimate of drug-likeness (QED) is 0.541. The number of rotatable bonds is 7. The fourth-order valence-electron chi connectivity index (χ4n) is 1.68. The Kier molecular flexibility index (Phi) is 5.09. The van der Waals surface area contributed by atoms with E-state index in [-0.39, 0.29) is 11.8 Å². The summed E-state index contributed by atoms with van der Waals surface area (Å²) in [5, 5.41) is 11.6. The van der Waals surface area contributed by atoms with Gasteiger partial charge in [-0.2, -0.15) is 5.10 Å². The van der Waals surface area contributed by atoms with Gasteiger partial charge in [-0.05, 0) is 13.5 Å². The number of nitrogens with zero attached hydrogens (tertiary/aromatic N) is 4. The van der Waals surface area contributed by atoms with Gasteiger partial charge in [-0.3, -0.25) is 10.3 Å². The van der Waals surface area contributed by atoms with Crippen LogP contribution < -0.4 is 5.73 Å². The Hall–Kier alpha value is -1.43. The molecule has 1 rings (SSSR count). The first-order chi connectivity index (χ1) is 8.04. The molecule has 1 atom stereocenters. The number of nitrogens with two attached hydrogens (primary N) is 1. The average molecular weight is 238 g/mol. The second-order valence-electron chi connectivity index (χ2n) is 4.45. The van der Waals surface area contributed by atoms with E-state index in [0.717, 1.165) is 31.9 Å². The highest BCUT2D eigenvalue weighted by atomic mass is 15.3. The molecule has 96 valence electrons. The molecule has 0 fully saturated rings. The molecule has 1 aromatic heterocycles. The van der Waals surface area contributed by atoms with E-state index in [2.05, 4.69) is 21.9 Å². The van der Waals surface area contributed by atoms with Crippen LogP contribution in [0.3, 0.4) is 0 Å². The van der Waals surface area contributed by atoms with E-state index in [0.29, 0.717) is 0 Å². The molecule has 3 N–H and O–H groups in total. The molecule has 0 saturated carbocycles. The Bertz CT molecular complexity index is 359. The highest BCUT2D eigenvalue weighted by Crippen LogP contribution is 2.03. The maximum atomic E-state index is 7.37. The van der Waals surface area contributed by atoms with E-state index in [4.69, 9.17) is 11.1 Å². The highest BCUT2D eigenvalue weighted by molar-refractivity contribution is 5.79. The predicted molar refractivity (Wildman–Crippen MR) is 67.7 cm³/mol. The zero-order valence-electron chi connectivity index (χ0n) is 10.8. The summed E-state index contributed by atoms with van der Waals surface area (Å²) < 4.78 is 1.93. The second-order valence-corrected chi connectivity index (χ2v) is 4.45. The van der Waals surface area contributed by atoms with Crippen LogP contribution >= 0.6 is 0 Å². The molecule has 1 unspecified atom stereocenters. The topological polar surface area (TPSA) is 83.8 Å². The Morgan fingerprint density at radius 3 is 2.94 bits per heavy atom. The van der Waals surface area contributed by atoms with Gasteiger partial charge < -0.3 is 5.73 Å². The van der Waals surface area contributed by atoms with Crippen LogP contribution in [0.15, 0.2) is 6.33 Å². The highest BCUT2D eigenvalue weighted by Gasteiger charge is 2.12. The van der Waals surface area contributed by atoms with Crippen LogP contribution in [0.25, 0.3) is 0 Å². The Labute approximate surface area is 102 Å². The normalized spacial score (nSPS) is 12.9. The SMILES string of the molecule is CCCn1ncnc1CN(C)CC(C)C(=N)N. The lowest BCUT2D eigenvalue weighted by Crippen LogP contribution is -2.32.